The molecule has 3 aromatic carbocycles. The number of methoxy groups -OCH3 is 1. The number of nitrogens with zero attached hydrogens (tertiary/aromatic N) is 3. The van der Waals surface area contributed by atoms with Gasteiger partial charge in [0.1, 0.15) is 0 Å². The number of benzene rings is 3. The summed E-state index contributed by atoms with van der Waals surface area (Å²) in [7, 11) is -2.71. The molecular formula is C40H49ClN4O7S. The summed E-state index contributed by atoms with van der Waals surface area (Å²) in [6.45, 7) is 9.33. The number of ether oxygens (including phenoxy) is 2. The minimum atomic E-state index is -4.40. The van der Waals surface area contributed by atoms with Crippen LogP contribution in [0, 0.1) is 21.4 Å². The minimum absolute atomic E-state index is 0.0108. The molecule has 1 saturated carbocycles. The Bertz CT molecular complexity index is 1920. The number of nitro benzene ring substituents is 1. The second-order valence-electron chi connectivity index (χ2n) is 15.3. The maximum Gasteiger partial charge on any atom is 0.312 e. The number of sulfonamides is 1. The monoisotopic (exact) mass is 764 g/mol. The number of carbonyl (C=O) groups is 1. The number of amides is 1. The minimum Gasteiger partial charge on any atom is -0.487 e. The Hall–Kier alpha value is -3.97. The van der Waals surface area contributed by atoms with Crippen LogP contribution in [-0.2, 0) is 14.8 Å². The first-order chi connectivity index (χ1) is 25.3. The van der Waals surface area contributed by atoms with Gasteiger partial charge in [-0.1, -0.05) is 43.2 Å². The summed E-state index contributed by atoms with van der Waals surface area (Å²) in [5.41, 5.74) is 5.08. The average molecular weight is 765 g/mol. The third-order valence-corrected chi connectivity index (χ3v) is 12.5. The number of nitro groups is 1. The van der Waals surface area contributed by atoms with Crippen LogP contribution in [0.1, 0.15) is 74.7 Å². The third-order valence-electron chi connectivity index (χ3n) is 10.9. The van der Waals surface area contributed by atoms with Crippen molar-refractivity contribution in [3.8, 4) is 5.75 Å². The Morgan fingerprint density at radius 3 is 2.30 bits per heavy atom. The van der Waals surface area contributed by atoms with E-state index in [1.54, 1.807) is 19.2 Å². The summed E-state index contributed by atoms with van der Waals surface area (Å²) in [5, 5.41) is 12.6. The fraction of sp³-hybridized carbons (Fsp3) is 0.475. The van der Waals surface area contributed by atoms with Crippen molar-refractivity contribution < 1.29 is 27.6 Å². The van der Waals surface area contributed by atoms with Gasteiger partial charge in [0.25, 0.3) is 15.9 Å². The SMILES string of the molecule is CO[C@H]1CC[C@@H](COc2ccc(S(=O)(=O)NC(=O)c3ccc(N4CCN(CC5=C(c6ccc(Cl)cc6)CC(C)(C)CC5)CC4)cc3)cc2[N+](=O)[O-])CC1. The number of piperazine rings is 1. The maximum absolute atomic E-state index is 13.2. The van der Waals surface area contributed by atoms with Gasteiger partial charge in [0.15, 0.2) is 5.75 Å². The molecule has 0 spiro atoms. The molecule has 1 N–H and O–H groups in total. The lowest BCUT2D eigenvalue weighted by Crippen LogP contribution is -2.47. The predicted molar refractivity (Wildman–Crippen MR) is 207 cm³/mol. The molecule has 11 nitrogen and oxygen atoms in total. The highest BCUT2D eigenvalue weighted by molar-refractivity contribution is 7.90. The van der Waals surface area contributed by atoms with E-state index < -0.39 is 31.4 Å². The Balaban J connectivity index is 1.04. The normalized spacial score (nSPS) is 20.9. The summed E-state index contributed by atoms with van der Waals surface area (Å²) >= 11 is 6.19. The van der Waals surface area contributed by atoms with Crippen LogP contribution in [0.15, 0.2) is 77.2 Å². The Labute approximate surface area is 317 Å². The second-order valence-corrected chi connectivity index (χ2v) is 17.4. The first-order valence-corrected chi connectivity index (χ1v) is 20.2. The summed E-state index contributed by atoms with van der Waals surface area (Å²) in [6, 6.07) is 18.4. The average Bonchev–Trinajstić information content (AvgIpc) is 3.15. The molecule has 1 saturated heterocycles. The summed E-state index contributed by atoms with van der Waals surface area (Å²) < 4.78 is 39.6. The van der Waals surface area contributed by atoms with Crippen LogP contribution in [0.5, 0.6) is 5.75 Å². The number of carbonyl (C=O) groups excluding carboxylic acids is 1. The fourth-order valence-electron chi connectivity index (χ4n) is 7.63. The Morgan fingerprint density at radius 2 is 1.66 bits per heavy atom. The summed E-state index contributed by atoms with van der Waals surface area (Å²) in [4.78, 5) is 28.6. The zero-order valence-electron chi connectivity index (χ0n) is 30.7. The Morgan fingerprint density at radius 1 is 0.981 bits per heavy atom. The van der Waals surface area contributed by atoms with Gasteiger partial charge in [-0.25, -0.2) is 13.1 Å². The number of rotatable bonds is 12. The zero-order valence-corrected chi connectivity index (χ0v) is 32.3. The lowest BCUT2D eigenvalue weighted by Gasteiger charge is -2.39. The molecule has 1 amide bonds. The van der Waals surface area contributed by atoms with Gasteiger partial charge in [0.2, 0.25) is 0 Å². The van der Waals surface area contributed by atoms with Crippen LogP contribution in [0.2, 0.25) is 5.02 Å². The molecule has 6 rings (SSSR count). The van der Waals surface area contributed by atoms with Crippen LogP contribution in [0.4, 0.5) is 11.4 Å². The van der Waals surface area contributed by atoms with E-state index in [9.17, 15) is 23.3 Å². The summed E-state index contributed by atoms with van der Waals surface area (Å²) in [6.07, 6.45) is 7.07. The summed E-state index contributed by atoms with van der Waals surface area (Å²) in [5.74, 6) is -0.605. The van der Waals surface area contributed by atoms with E-state index in [4.69, 9.17) is 21.1 Å². The van der Waals surface area contributed by atoms with Crippen LogP contribution in [0.3, 0.4) is 0 Å². The van der Waals surface area contributed by atoms with Crippen molar-refractivity contribution >= 4 is 44.5 Å². The van der Waals surface area contributed by atoms with Crippen molar-refractivity contribution in [3.63, 3.8) is 0 Å². The molecule has 284 valence electrons. The van der Waals surface area contributed by atoms with E-state index in [2.05, 4.69) is 40.5 Å². The van der Waals surface area contributed by atoms with Gasteiger partial charge in [-0.2, -0.15) is 0 Å². The van der Waals surface area contributed by atoms with E-state index >= 15 is 0 Å². The molecule has 1 aliphatic heterocycles. The molecule has 2 aliphatic carbocycles. The molecular weight excluding hydrogens is 716 g/mol. The van der Waals surface area contributed by atoms with Gasteiger partial charge >= 0.3 is 5.69 Å². The number of hydrogen-bond acceptors (Lipinski definition) is 9. The van der Waals surface area contributed by atoms with Crippen molar-refractivity contribution in [1.29, 1.82) is 0 Å². The molecule has 0 atom stereocenters. The Kier molecular flexibility index (Phi) is 12.1. The first-order valence-electron chi connectivity index (χ1n) is 18.4. The van der Waals surface area contributed by atoms with E-state index in [0.29, 0.717) is 0 Å². The molecule has 2 fully saturated rings. The number of anilines is 1. The number of hydrogen-bond donors (Lipinski definition) is 1. The van der Waals surface area contributed by atoms with Gasteiger partial charge in [-0.15, -0.1) is 0 Å². The van der Waals surface area contributed by atoms with Crippen LogP contribution in [-0.4, -0.2) is 76.7 Å². The molecule has 53 heavy (non-hydrogen) atoms. The number of nitrogens with one attached hydrogen (secondary N) is 1. The van der Waals surface area contributed by atoms with E-state index in [-0.39, 0.29) is 35.4 Å². The number of halogens is 1. The second kappa shape index (κ2) is 16.6. The highest BCUT2D eigenvalue weighted by Crippen LogP contribution is 2.43. The molecule has 0 unspecified atom stereocenters. The van der Waals surface area contributed by atoms with Crippen molar-refractivity contribution in [3.05, 3.63) is 98.6 Å². The fourth-order valence-corrected chi connectivity index (χ4v) is 8.75. The van der Waals surface area contributed by atoms with Crippen molar-refractivity contribution in [2.24, 2.45) is 11.3 Å². The number of allylic oxidation sites excluding steroid dienone is 1. The lowest BCUT2D eigenvalue weighted by atomic mass is 9.72. The third kappa shape index (κ3) is 9.78. The standard InChI is InChI=1S/C40H49ClN4O7S/c1-40(2)19-18-31(36(25-40)29-6-10-32(41)11-7-29)26-43-20-22-44(23-21-43)33-12-8-30(9-13-33)39(46)42-53(49,50)35-16-17-38(37(24-35)45(47)48)52-27-28-4-14-34(51-3)15-5-28/h6-13,16-17,24,28,34H,4-5,14-15,18-23,25-27H2,1-3H3,(H,42,46)/t28-,34+. The predicted octanol–water partition coefficient (Wildman–Crippen LogP) is 7.74. The lowest BCUT2D eigenvalue weighted by molar-refractivity contribution is -0.386. The maximum atomic E-state index is 13.2. The van der Waals surface area contributed by atoms with Gasteiger partial charge < -0.3 is 14.4 Å². The molecule has 13 heteroatoms. The van der Waals surface area contributed by atoms with Gasteiger partial charge in [0, 0.05) is 62.2 Å². The molecule has 0 bridgehead atoms. The van der Waals surface area contributed by atoms with Crippen LogP contribution in [0.25, 0.3) is 5.57 Å². The van der Waals surface area contributed by atoms with Gasteiger partial charge in [0.05, 0.1) is 22.5 Å². The van der Waals surface area contributed by atoms with Crippen LogP contribution < -0.4 is 14.4 Å². The molecule has 0 radical (unpaired) electrons. The smallest absolute Gasteiger partial charge is 0.312 e. The van der Waals surface area contributed by atoms with E-state index in [1.807, 2.05) is 24.3 Å². The zero-order chi connectivity index (χ0) is 37.8. The van der Waals surface area contributed by atoms with Crippen molar-refractivity contribution in [1.82, 2.24) is 9.62 Å². The first kappa shape index (κ1) is 38.7. The highest BCUT2D eigenvalue weighted by atomic mass is 35.5. The quantitative estimate of drug-likeness (QED) is 0.145. The molecule has 3 aliphatic rings. The van der Waals surface area contributed by atoms with E-state index in [0.717, 1.165) is 88.0 Å². The topological polar surface area (TPSA) is 131 Å². The van der Waals surface area contributed by atoms with Gasteiger partial charge in [-0.05, 0) is 116 Å². The van der Waals surface area contributed by atoms with E-state index in [1.165, 1.54) is 35.3 Å². The van der Waals surface area contributed by atoms with Crippen LogP contribution >= 0.6 is 11.6 Å². The van der Waals surface area contributed by atoms with Gasteiger partial charge in [-0.3, -0.25) is 19.8 Å². The highest BCUT2D eigenvalue weighted by Gasteiger charge is 2.30. The molecule has 3 aromatic rings. The molecule has 0 aromatic heterocycles. The van der Waals surface area contributed by atoms with Crippen molar-refractivity contribution in [2.75, 3.05) is 51.3 Å². The largest absolute Gasteiger partial charge is 0.487 e. The molecule has 1 heterocycles. The van der Waals surface area contributed by atoms with Crippen molar-refractivity contribution in [2.45, 2.75) is 69.8 Å².